The molecule has 4 rings (SSSR count). The lowest BCUT2D eigenvalue weighted by molar-refractivity contribution is -0.130. The standard InChI is InChI=1S/C24H29BrN2O3/c25-22-6-4-21(5-7-22)24(8-12-29-13-9-24)23(28)26-17-19-2-1-3-20(16-19)18-27-10-14-30-15-11-27/h1-7,16H,8-15,17-18H2,(H,26,28). The van der Waals surface area contributed by atoms with Crippen LogP contribution in [-0.4, -0.2) is 50.3 Å². The summed E-state index contributed by atoms with van der Waals surface area (Å²) in [6, 6.07) is 16.6. The molecule has 2 aromatic carbocycles. The number of ether oxygens (including phenoxy) is 2. The first-order chi connectivity index (χ1) is 14.7. The Morgan fingerprint density at radius 3 is 2.37 bits per heavy atom. The Bertz CT molecular complexity index is 844. The van der Waals surface area contributed by atoms with Gasteiger partial charge in [-0.1, -0.05) is 52.3 Å². The van der Waals surface area contributed by atoms with Crippen LogP contribution in [0.5, 0.6) is 0 Å². The molecule has 0 bridgehead atoms. The molecule has 1 amide bonds. The number of nitrogens with zero attached hydrogens (tertiary/aromatic N) is 1. The Morgan fingerprint density at radius 1 is 0.967 bits per heavy atom. The number of amides is 1. The Balaban J connectivity index is 1.43. The van der Waals surface area contributed by atoms with Gasteiger partial charge in [-0.3, -0.25) is 9.69 Å². The highest BCUT2D eigenvalue weighted by Gasteiger charge is 2.41. The molecule has 2 fully saturated rings. The van der Waals surface area contributed by atoms with Gasteiger partial charge in [0.25, 0.3) is 0 Å². The molecular weight excluding hydrogens is 444 g/mol. The summed E-state index contributed by atoms with van der Waals surface area (Å²) < 4.78 is 12.0. The van der Waals surface area contributed by atoms with Crippen LogP contribution in [0.4, 0.5) is 0 Å². The van der Waals surface area contributed by atoms with Gasteiger partial charge in [-0.2, -0.15) is 0 Å². The second-order valence-corrected chi connectivity index (χ2v) is 9.01. The molecule has 30 heavy (non-hydrogen) atoms. The van der Waals surface area contributed by atoms with Gasteiger partial charge in [0.15, 0.2) is 0 Å². The minimum Gasteiger partial charge on any atom is -0.381 e. The van der Waals surface area contributed by atoms with Crippen LogP contribution in [0.3, 0.4) is 0 Å². The van der Waals surface area contributed by atoms with Crippen molar-refractivity contribution in [2.24, 2.45) is 0 Å². The van der Waals surface area contributed by atoms with Crippen LogP contribution >= 0.6 is 15.9 Å². The average molecular weight is 473 g/mol. The molecule has 0 spiro atoms. The number of halogens is 1. The van der Waals surface area contributed by atoms with Crippen LogP contribution in [-0.2, 0) is 32.8 Å². The Hall–Kier alpha value is -1.73. The number of morpholine rings is 1. The fourth-order valence-corrected chi connectivity index (χ4v) is 4.61. The average Bonchev–Trinajstić information content (AvgIpc) is 2.79. The van der Waals surface area contributed by atoms with E-state index in [2.05, 4.69) is 62.5 Å². The predicted octanol–water partition coefficient (Wildman–Crippen LogP) is 3.65. The molecule has 160 valence electrons. The Labute approximate surface area is 186 Å². The van der Waals surface area contributed by atoms with E-state index in [1.54, 1.807) is 0 Å². The molecule has 0 radical (unpaired) electrons. The minimum atomic E-state index is -0.523. The number of hydrogen-bond acceptors (Lipinski definition) is 4. The zero-order valence-electron chi connectivity index (χ0n) is 17.2. The van der Waals surface area contributed by atoms with E-state index in [0.717, 1.165) is 48.4 Å². The summed E-state index contributed by atoms with van der Waals surface area (Å²) in [4.78, 5) is 15.8. The van der Waals surface area contributed by atoms with E-state index in [0.29, 0.717) is 32.6 Å². The molecule has 1 N–H and O–H groups in total. The summed E-state index contributed by atoms with van der Waals surface area (Å²) >= 11 is 3.49. The normalized spacial score (nSPS) is 19.4. The number of carbonyl (C=O) groups is 1. The van der Waals surface area contributed by atoms with Crippen LogP contribution in [0.15, 0.2) is 53.0 Å². The molecule has 0 unspecified atom stereocenters. The fraction of sp³-hybridized carbons (Fsp3) is 0.458. The monoisotopic (exact) mass is 472 g/mol. The highest BCUT2D eigenvalue weighted by molar-refractivity contribution is 9.10. The van der Waals surface area contributed by atoms with E-state index in [-0.39, 0.29) is 5.91 Å². The summed E-state index contributed by atoms with van der Waals surface area (Å²) in [5.74, 6) is 0.0895. The van der Waals surface area contributed by atoms with Crippen LogP contribution in [0.1, 0.15) is 29.5 Å². The van der Waals surface area contributed by atoms with Crippen molar-refractivity contribution < 1.29 is 14.3 Å². The van der Waals surface area contributed by atoms with E-state index >= 15 is 0 Å². The van der Waals surface area contributed by atoms with Gasteiger partial charge in [-0.25, -0.2) is 0 Å². The lowest BCUT2D eigenvalue weighted by Crippen LogP contribution is -2.47. The van der Waals surface area contributed by atoms with Gasteiger partial charge < -0.3 is 14.8 Å². The SMILES string of the molecule is O=C(NCc1cccc(CN2CCOCC2)c1)C1(c2ccc(Br)cc2)CCOCC1. The smallest absolute Gasteiger partial charge is 0.231 e. The Morgan fingerprint density at radius 2 is 1.63 bits per heavy atom. The Kier molecular flexibility index (Phi) is 7.20. The summed E-state index contributed by atoms with van der Waals surface area (Å²) in [5.41, 5.74) is 2.95. The molecule has 5 nitrogen and oxygen atoms in total. The van der Waals surface area contributed by atoms with Crippen molar-refractivity contribution in [3.63, 3.8) is 0 Å². The molecule has 0 saturated carbocycles. The molecule has 2 aliphatic rings. The van der Waals surface area contributed by atoms with Crippen molar-refractivity contribution in [2.45, 2.75) is 31.3 Å². The summed E-state index contributed by atoms with van der Waals surface area (Å²) in [5, 5.41) is 3.21. The van der Waals surface area contributed by atoms with Crippen molar-refractivity contribution in [1.82, 2.24) is 10.2 Å². The van der Waals surface area contributed by atoms with Gasteiger partial charge in [0.1, 0.15) is 0 Å². The third-order valence-corrected chi connectivity index (χ3v) is 6.66. The molecule has 6 heteroatoms. The second-order valence-electron chi connectivity index (χ2n) is 8.09. The topological polar surface area (TPSA) is 50.8 Å². The highest BCUT2D eigenvalue weighted by atomic mass is 79.9. The fourth-order valence-electron chi connectivity index (χ4n) is 4.34. The first-order valence-electron chi connectivity index (χ1n) is 10.7. The van der Waals surface area contributed by atoms with E-state index in [4.69, 9.17) is 9.47 Å². The summed E-state index contributed by atoms with van der Waals surface area (Å²) in [6.45, 7) is 6.23. The second kappa shape index (κ2) is 10.1. The molecule has 0 aliphatic carbocycles. The van der Waals surface area contributed by atoms with Crippen LogP contribution in [0, 0.1) is 0 Å². The van der Waals surface area contributed by atoms with Gasteiger partial charge in [0.2, 0.25) is 5.91 Å². The molecule has 2 heterocycles. The van der Waals surface area contributed by atoms with E-state index in [1.165, 1.54) is 5.56 Å². The van der Waals surface area contributed by atoms with Crippen molar-refractivity contribution in [1.29, 1.82) is 0 Å². The third-order valence-electron chi connectivity index (χ3n) is 6.13. The maximum Gasteiger partial charge on any atom is 0.231 e. The lowest BCUT2D eigenvalue weighted by Gasteiger charge is -2.36. The van der Waals surface area contributed by atoms with Gasteiger partial charge in [0, 0.05) is 43.9 Å². The summed E-state index contributed by atoms with van der Waals surface area (Å²) in [6.07, 6.45) is 1.41. The molecule has 2 aliphatic heterocycles. The summed E-state index contributed by atoms with van der Waals surface area (Å²) in [7, 11) is 0. The van der Waals surface area contributed by atoms with Crippen molar-refractivity contribution in [2.75, 3.05) is 39.5 Å². The highest BCUT2D eigenvalue weighted by Crippen LogP contribution is 2.36. The zero-order chi connectivity index (χ0) is 20.8. The van der Waals surface area contributed by atoms with Gasteiger partial charge >= 0.3 is 0 Å². The van der Waals surface area contributed by atoms with Gasteiger partial charge in [-0.15, -0.1) is 0 Å². The van der Waals surface area contributed by atoms with Crippen LogP contribution in [0.2, 0.25) is 0 Å². The van der Waals surface area contributed by atoms with E-state index in [1.807, 2.05) is 12.1 Å². The van der Waals surface area contributed by atoms with Crippen molar-refractivity contribution in [3.05, 3.63) is 69.7 Å². The van der Waals surface area contributed by atoms with Gasteiger partial charge in [-0.05, 0) is 41.7 Å². The first-order valence-corrected chi connectivity index (χ1v) is 11.4. The molecule has 0 atom stereocenters. The predicted molar refractivity (Wildman–Crippen MR) is 120 cm³/mol. The number of hydrogen-bond donors (Lipinski definition) is 1. The lowest BCUT2D eigenvalue weighted by atomic mass is 9.73. The maximum absolute atomic E-state index is 13.4. The molecule has 0 aromatic heterocycles. The van der Waals surface area contributed by atoms with E-state index < -0.39 is 5.41 Å². The zero-order valence-corrected chi connectivity index (χ0v) is 18.8. The third kappa shape index (κ3) is 5.11. The molecule has 2 aromatic rings. The van der Waals surface area contributed by atoms with Crippen molar-refractivity contribution in [3.8, 4) is 0 Å². The molecule has 2 saturated heterocycles. The largest absolute Gasteiger partial charge is 0.381 e. The number of benzene rings is 2. The maximum atomic E-state index is 13.4. The number of rotatable bonds is 6. The first kappa shape index (κ1) is 21.5. The number of carbonyl (C=O) groups excluding carboxylic acids is 1. The quantitative estimate of drug-likeness (QED) is 0.696. The van der Waals surface area contributed by atoms with Crippen molar-refractivity contribution >= 4 is 21.8 Å². The van der Waals surface area contributed by atoms with Gasteiger partial charge in [0.05, 0.1) is 18.6 Å². The van der Waals surface area contributed by atoms with Crippen LogP contribution < -0.4 is 5.32 Å². The van der Waals surface area contributed by atoms with Crippen LogP contribution in [0.25, 0.3) is 0 Å². The minimum absolute atomic E-state index is 0.0895. The number of nitrogens with one attached hydrogen (secondary N) is 1. The molecular formula is C24H29BrN2O3. The van der Waals surface area contributed by atoms with E-state index in [9.17, 15) is 4.79 Å².